The van der Waals surface area contributed by atoms with Crippen molar-refractivity contribution in [2.45, 2.75) is 13.3 Å². The van der Waals surface area contributed by atoms with E-state index in [0.29, 0.717) is 5.82 Å². The molecule has 0 N–H and O–H groups in total. The van der Waals surface area contributed by atoms with Gasteiger partial charge in [-0.15, -0.1) is 0 Å². The van der Waals surface area contributed by atoms with Crippen LogP contribution >= 0.6 is 0 Å². The molecule has 2 aromatic carbocycles. The fourth-order valence-electron chi connectivity index (χ4n) is 2.96. The average Bonchev–Trinajstić information content (AvgIpc) is 2.62. The molecule has 2 heterocycles. The zero-order valence-corrected chi connectivity index (χ0v) is 12.9. The minimum Gasteiger partial charge on any atom is -0.453 e. The van der Waals surface area contributed by atoms with Gasteiger partial charge in [0.05, 0.1) is 11.4 Å². The van der Waals surface area contributed by atoms with E-state index in [2.05, 4.69) is 27.9 Å². The van der Waals surface area contributed by atoms with Crippen LogP contribution in [0.4, 0.5) is 11.4 Å². The zero-order chi connectivity index (χ0) is 15.6. The summed E-state index contributed by atoms with van der Waals surface area (Å²) in [5, 5.41) is 0. The Bertz CT molecular complexity index is 833. The van der Waals surface area contributed by atoms with Gasteiger partial charge in [0.1, 0.15) is 0 Å². The Balaban J connectivity index is 1.93. The molecule has 114 valence electrons. The number of ether oxygens (including phenoxy) is 1. The number of hydrogen-bond acceptors (Lipinski definition) is 4. The summed E-state index contributed by atoms with van der Waals surface area (Å²) in [7, 11) is 0. The fraction of sp³-hybridized carbons (Fsp3) is 0.158. The normalized spacial score (nSPS) is 12.3. The predicted octanol–water partition coefficient (Wildman–Crippen LogP) is 4.80. The lowest BCUT2D eigenvalue weighted by molar-refractivity contribution is 0.473. The molecular weight excluding hydrogens is 286 g/mol. The maximum absolute atomic E-state index is 6.12. The molecule has 1 aliphatic heterocycles. The van der Waals surface area contributed by atoms with E-state index in [1.54, 1.807) is 12.4 Å². The standard InChI is InChI=1S/C19H17N3O/c1-2-13-22-15-8-3-4-9-16(15)23-17-10-5-7-14(18(17)22)19-20-11-6-12-21-19/h3-12H,2,13H2,1H3. The van der Waals surface area contributed by atoms with Gasteiger partial charge in [-0.05, 0) is 36.8 Å². The van der Waals surface area contributed by atoms with E-state index in [-0.39, 0.29) is 0 Å². The second-order valence-electron chi connectivity index (χ2n) is 5.45. The van der Waals surface area contributed by atoms with Crippen LogP contribution in [0.1, 0.15) is 13.3 Å². The highest BCUT2D eigenvalue weighted by molar-refractivity contribution is 5.88. The van der Waals surface area contributed by atoms with E-state index in [1.807, 2.05) is 42.5 Å². The molecule has 0 fully saturated rings. The van der Waals surface area contributed by atoms with Gasteiger partial charge in [0.2, 0.25) is 0 Å². The molecule has 0 spiro atoms. The number of anilines is 2. The maximum Gasteiger partial charge on any atom is 0.161 e. The smallest absolute Gasteiger partial charge is 0.161 e. The largest absolute Gasteiger partial charge is 0.453 e. The molecular formula is C19H17N3O. The quantitative estimate of drug-likeness (QED) is 0.697. The van der Waals surface area contributed by atoms with E-state index < -0.39 is 0 Å². The van der Waals surface area contributed by atoms with Crippen molar-refractivity contribution in [2.75, 3.05) is 11.4 Å². The molecule has 3 aromatic rings. The highest BCUT2D eigenvalue weighted by Gasteiger charge is 2.27. The molecule has 4 rings (SSSR count). The Morgan fingerprint density at radius 1 is 0.913 bits per heavy atom. The zero-order valence-electron chi connectivity index (χ0n) is 12.9. The summed E-state index contributed by atoms with van der Waals surface area (Å²) >= 11 is 0. The lowest BCUT2D eigenvalue weighted by Gasteiger charge is -2.33. The highest BCUT2D eigenvalue weighted by Crippen LogP contribution is 2.49. The summed E-state index contributed by atoms with van der Waals surface area (Å²) < 4.78 is 6.12. The van der Waals surface area contributed by atoms with Crippen molar-refractivity contribution in [3.05, 3.63) is 60.9 Å². The Morgan fingerprint density at radius 3 is 2.52 bits per heavy atom. The van der Waals surface area contributed by atoms with Crippen molar-refractivity contribution in [1.82, 2.24) is 9.97 Å². The Labute approximate surface area is 135 Å². The van der Waals surface area contributed by atoms with Crippen molar-refractivity contribution >= 4 is 11.4 Å². The maximum atomic E-state index is 6.12. The van der Waals surface area contributed by atoms with Gasteiger partial charge in [-0.2, -0.15) is 0 Å². The molecule has 0 atom stereocenters. The SMILES string of the molecule is CCCN1c2ccccc2Oc2cccc(-c3ncccn3)c21. The minimum absolute atomic E-state index is 0.716. The van der Waals surface area contributed by atoms with Gasteiger partial charge in [0.25, 0.3) is 0 Å². The van der Waals surface area contributed by atoms with Crippen LogP contribution in [0.25, 0.3) is 11.4 Å². The third-order valence-corrected chi connectivity index (χ3v) is 3.90. The summed E-state index contributed by atoms with van der Waals surface area (Å²) in [4.78, 5) is 11.1. The molecule has 0 aliphatic carbocycles. The highest BCUT2D eigenvalue weighted by atomic mass is 16.5. The van der Waals surface area contributed by atoms with Crippen molar-refractivity contribution in [3.63, 3.8) is 0 Å². The number of rotatable bonds is 3. The van der Waals surface area contributed by atoms with Gasteiger partial charge in [-0.25, -0.2) is 9.97 Å². The van der Waals surface area contributed by atoms with Crippen LogP contribution in [0, 0.1) is 0 Å². The van der Waals surface area contributed by atoms with Crippen LogP contribution in [-0.4, -0.2) is 16.5 Å². The fourth-order valence-corrected chi connectivity index (χ4v) is 2.96. The summed E-state index contributed by atoms with van der Waals surface area (Å²) in [6, 6.07) is 16.0. The molecule has 1 aliphatic rings. The number of benzene rings is 2. The first-order valence-electron chi connectivity index (χ1n) is 7.83. The minimum atomic E-state index is 0.716. The van der Waals surface area contributed by atoms with E-state index >= 15 is 0 Å². The number of fused-ring (bicyclic) bond motifs is 2. The monoisotopic (exact) mass is 303 g/mol. The predicted molar refractivity (Wildman–Crippen MR) is 91.3 cm³/mol. The van der Waals surface area contributed by atoms with Crippen molar-refractivity contribution in [3.8, 4) is 22.9 Å². The van der Waals surface area contributed by atoms with Crippen molar-refractivity contribution in [2.24, 2.45) is 0 Å². The van der Waals surface area contributed by atoms with Crippen LogP contribution in [0.2, 0.25) is 0 Å². The Kier molecular flexibility index (Phi) is 3.42. The molecule has 4 heteroatoms. The third kappa shape index (κ3) is 2.32. The van der Waals surface area contributed by atoms with Gasteiger partial charge in [0, 0.05) is 24.5 Å². The van der Waals surface area contributed by atoms with Gasteiger partial charge < -0.3 is 9.64 Å². The van der Waals surface area contributed by atoms with E-state index in [0.717, 1.165) is 41.4 Å². The van der Waals surface area contributed by atoms with Crippen molar-refractivity contribution < 1.29 is 4.74 Å². The van der Waals surface area contributed by atoms with Gasteiger partial charge >= 0.3 is 0 Å². The van der Waals surface area contributed by atoms with Crippen LogP contribution in [-0.2, 0) is 0 Å². The Morgan fingerprint density at radius 2 is 1.70 bits per heavy atom. The topological polar surface area (TPSA) is 38.2 Å². The molecule has 0 bridgehead atoms. The Hall–Kier alpha value is -2.88. The van der Waals surface area contributed by atoms with Crippen LogP contribution < -0.4 is 9.64 Å². The van der Waals surface area contributed by atoms with Gasteiger partial charge in [-0.1, -0.05) is 25.1 Å². The molecule has 0 saturated carbocycles. The second kappa shape index (κ2) is 5.72. The number of nitrogens with zero attached hydrogens (tertiary/aromatic N) is 3. The summed E-state index contributed by atoms with van der Waals surface area (Å²) in [5.41, 5.74) is 3.12. The lowest BCUT2D eigenvalue weighted by Crippen LogP contribution is -2.22. The molecule has 0 unspecified atom stereocenters. The van der Waals surface area contributed by atoms with E-state index in [9.17, 15) is 0 Å². The first-order valence-corrected chi connectivity index (χ1v) is 7.83. The second-order valence-corrected chi connectivity index (χ2v) is 5.45. The number of hydrogen-bond donors (Lipinski definition) is 0. The third-order valence-electron chi connectivity index (χ3n) is 3.90. The molecule has 23 heavy (non-hydrogen) atoms. The molecule has 0 saturated heterocycles. The van der Waals surface area contributed by atoms with Gasteiger partial charge in [0.15, 0.2) is 17.3 Å². The molecule has 1 aromatic heterocycles. The van der Waals surface area contributed by atoms with E-state index in [1.165, 1.54) is 0 Å². The molecule has 4 nitrogen and oxygen atoms in total. The number of aromatic nitrogens is 2. The van der Waals surface area contributed by atoms with E-state index in [4.69, 9.17) is 4.74 Å². The molecule has 0 radical (unpaired) electrons. The summed E-state index contributed by atoms with van der Waals surface area (Å²) in [6.45, 7) is 3.09. The summed E-state index contributed by atoms with van der Waals surface area (Å²) in [5.74, 6) is 2.45. The van der Waals surface area contributed by atoms with Crippen molar-refractivity contribution in [1.29, 1.82) is 0 Å². The van der Waals surface area contributed by atoms with Crippen LogP contribution in [0.3, 0.4) is 0 Å². The number of para-hydroxylation sites is 3. The first kappa shape index (κ1) is 13.8. The van der Waals surface area contributed by atoms with Crippen LogP contribution in [0.15, 0.2) is 60.9 Å². The summed E-state index contributed by atoms with van der Waals surface area (Å²) in [6.07, 6.45) is 4.57. The van der Waals surface area contributed by atoms with Crippen LogP contribution in [0.5, 0.6) is 11.5 Å². The lowest BCUT2D eigenvalue weighted by atomic mass is 10.1. The van der Waals surface area contributed by atoms with Gasteiger partial charge in [-0.3, -0.25) is 0 Å². The average molecular weight is 303 g/mol. The molecule has 0 amide bonds. The first-order chi connectivity index (χ1) is 11.4.